The molecule has 0 aliphatic carbocycles. The summed E-state index contributed by atoms with van der Waals surface area (Å²) in [6.07, 6.45) is 1.85. The van der Waals surface area contributed by atoms with Crippen LogP contribution in [0.3, 0.4) is 0 Å². The zero-order chi connectivity index (χ0) is 15.4. The van der Waals surface area contributed by atoms with Crippen molar-refractivity contribution in [2.75, 3.05) is 12.4 Å². The van der Waals surface area contributed by atoms with E-state index in [0.29, 0.717) is 0 Å². The maximum atomic E-state index is 5.53. The molecule has 0 saturated heterocycles. The molecule has 0 radical (unpaired) electrons. The van der Waals surface area contributed by atoms with E-state index in [1.165, 1.54) is 10.9 Å². The number of methoxy groups -OCH3 is 1. The molecule has 3 rings (SSSR count). The molecule has 0 bridgehead atoms. The summed E-state index contributed by atoms with van der Waals surface area (Å²) >= 11 is 0. The number of fused-ring (bicyclic) bond motifs is 1. The van der Waals surface area contributed by atoms with Crippen LogP contribution in [0.2, 0.25) is 0 Å². The van der Waals surface area contributed by atoms with Crippen molar-refractivity contribution < 1.29 is 4.74 Å². The minimum Gasteiger partial charge on any atom is -0.496 e. The van der Waals surface area contributed by atoms with Crippen LogP contribution in [0.5, 0.6) is 5.75 Å². The Morgan fingerprint density at radius 2 is 1.77 bits per heavy atom. The van der Waals surface area contributed by atoms with Gasteiger partial charge in [-0.05, 0) is 17.0 Å². The first-order valence-electron chi connectivity index (χ1n) is 7.33. The van der Waals surface area contributed by atoms with Gasteiger partial charge in [-0.1, -0.05) is 67.3 Å². The van der Waals surface area contributed by atoms with E-state index in [1.807, 2.05) is 18.2 Å². The maximum absolute atomic E-state index is 5.53. The van der Waals surface area contributed by atoms with E-state index in [1.54, 1.807) is 7.11 Å². The number of ether oxygens (including phenoxy) is 1. The second-order valence-electron chi connectivity index (χ2n) is 5.13. The van der Waals surface area contributed by atoms with Crippen LogP contribution in [0.15, 0.2) is 67.2 Å². The second-order valence-corrected chi connectivity index (χ2v) is 5.13. The van der Waals surface area contributed by atoms with Gasteiger partial charge in [-0.15, -0.1) is 0 Å². The van der Waals surface area contributed by atoms with Gasteiger partial charge < -0.3 is 10.1 Å². The lowest BCUT2D eigenvalue weighted by Gasteiger charge is -2.16. The van der Waals surface area contributed by atoms with E-state index in [2.05, 4.69) is 60.4 Å². The van der Waals surface area contributed by atoms with Crippen LogP contribution in [0.25, 0.3) is 16.8 Å². The fourth-order valence-corrected chi connectivity index (χ4v) is 2.69. The molecule has 2 nitrogen and oxygen atoms in total. The van der Waals surface area contributed by atoms with Gasteiger partial charge in [-0.2, -0.15) is 0 Å². The van der Waals surface area contributed by atoms with Gasteiger partial charge in [0.15, 0.2) is 0 Å². The second kappa shape index (κ2) is 6.35. The monoisotopic (exact) mass is 289 g/mol. The van der Waals surface area contributed by atoms with Crippen molar-refractivity contribution in [2.45, 2.75) is 6.54 Å². The zero-order valence-corrected chi connectivity index (χ0v) is 12.7. The van der Waals surface area contributed by atoms with E-state index in [4.69, 9.17) is 4.74 Å². The molecule has 0 unspecified atom stereocenters. The topological polar surface area (TPSA) is 21.3 Å². The average Bonchev–Trinajstić information content (AvgIpc) is 2.59. The SMILES string of the molecule is C=Cc1c(OC)cc2ccccc2c1NCc1ccccc1. The van der Waals surface area contributed by atoms with Crippen LogP contribution >= 0.6 is 0 Å². The van der Waals surface area contributed by atoms with Gasteiger partial charge in [0.2, 0.25) is 0 Å². The molecule has 0 aliphatic heterocycles. The highest BCUT2D eigenvalue weighted by molar-refractivity contribution is 6.00. The lowest BCUT2D eigenvalue weighted by Crippen LogP contribution is -2.03. The number of hydrogen-bond donors (Lipinski definition) is 1. The number of nitrogens with one attached hydrogen (secondary N) is 1. The summed E-state index contributed by atoms with van der Waals surface area (Å²) < 4.78 is 5.53. The molecule has 3 aromatic rings. The summed E-state index contributed by atoms with van der Waals surface area (Å²) in [5.74, 6) is 0.837. The fraction of sp³-hybridized carbons (Fsp3) is 0.100. The summed E-state index contributed by atoms with van der Waals surface area (Å²) in [6.45, 7) is 4.70. The standard InChI is InChI=1S/C20H19NO/c1-3-17-19(22-2)13-16-11-7-8-12-18(16)20(17)21-14-15-9-5-4-6-10-15/h3-13,21H,1,14H2,2H3. The van der Waals surface area contributed by atoms with Crippen molar-refractivity contribution in [1.29, 1.82) is 0 Å². The maximum Gasteiger partial charge on any atom is 0.128 e. The van der Waals surface area contributed by atoms with Crippen molar-refractivity contribution in [2.24, 2.45) is 0 Å². The zero-order valence-electron chi connectivity index (χ0n) is 12.7. The van der Waals surface area contributed by atoms with Crippen LogP contribution in [-0.2, 0) is 6.54 Å². The molecule has 1 N–H and O–H groups in total. The van der Waals surface area contributed by atoms with E-state index >= 15 is 0 Å². The largest absolute Gasteiger partial charge is 0.496 e. The predicted molar refractivity (Wildman–Crippen MR) is 94.4 cm³/mol. The first kappa shape index (κ1) is 14.2. The third-order valence-corrected chi connectivity index (χ3v) is 3.79. The van der Waals surface area contributed by atoms with Crippen molar-refractivity contribution >= 4 is 22.5 Å². The molecule has 110 valence electrons. The van der Waals surface area contributed by atoms with Crippen LogP contribution in [0, 0.1) is 0 Å². The Hall–Kier alpha value is -2.74. The number of hydrogen-bond acceptors (Lipinski definition) is 2. The molecule has 0 fully saturated rings. The normalized spacial score (nSPS) is 10.4. The van der Waals surface area contributed by atoms with E-state index in [0.717, 1.165) is 28.9 Å². The summed E-state index contributed by atoms with van der Waals surface area (Å²) in [6, 6.07) is 20.7. The fourth-order valence-electron chi connectivity index (χ4n) is 2.69. The number of rotatable bonds is 5. The first-order chi connectivity index (χ1) is 10.8. The summed E-state index contributed by atoms with van der Waals surface area (Å²) in [7, 11) is 1.69. The predicted octanol–water partition coefficient (Wildman–Crippen LogP) is 5.10. The molecule has 2 heteroatoms. The van der Waals surface area contributed by atoms with Gasteiger partial charge in [-0.25, -0.2) is 0 Å². The Labute approximate surface area is 131 Å². The van der Waals surface area contributed by atoms with Crippen LogP contribution < -0.4 is 10.1 Å². The third kappa shape index (κ3) is 2.68. The minimum absolute atomic E-state index is 0.763. The molecule has 0 spiro atoms. The van der Waals surface area contributed by atoms with Gasteiger partial charge in [0.25, 0.3) is 0 Å². The molecule has 0 heterocycles. The smallest absolute Gasteiger partial charge is 0.128 e. The van der Waals surface area contributed by atoms with Gasteiger partial charge in [0.05, 0.1) is 12.8 Å². The minimum atomic E-state index is 0.763. The van der Waals surface area contributed by atoms with Crippen molar-refractivity contribution in [3.63, 3.8) is 0 Å². The first-order valence-corrected chi connectivity index (χ1v) is 7.33. The van der Waals surface area contributed by atoms with Crippen molar-refractivity contribution in [3.05, 3.63) is 78.4 Å². The van der Waals surface area contributed by atoms with Crippen LogP contribution in [-0.4, -0.2) is 7.11 Å². The molecule has 0 saturated carbocycles. The van der Waals surface area contributed by atoms with Crippen molar-refractivity contribution in [3.8, 4) is 5.75 Å². The highest BCUT2D eigenvalue weighted by Gasteiger charge is 2.11. The molecule has 0 aromatic heterocycles. The molecular formula is C20H19NO. The summed E-state index contributed by atoms with van der Waals surface area (Å²) in [4.78, 5) is 0. The van der Waals surface area contributed by atoms with Gasteiger partial charge in [0.1, 0.15) is 5.75 Å². The highest BCUT2D eigenvalue weighted by atomic mass is 16.5. The lowest BCUT2D eigenvalue weighted by molar-refractivity contribution is 0.414. The van der Waals surface area contributed by atoms with Gasteiger partial charge in [-0.3, -0.25) is 0 Å². The summed E-state index contributed by atoms with van der Waals surface area (Å²) in [5, 5.41) is 5.88. The van der Waals surface area contributed by atoms with Crippen LogP contribution in [0.4, 0.5) is 5.69 Å². The Kier molecular flexibility index (Phi) is 4.10. The third-order valence-electron chi connectivity index (χ3n) is 3.79. The van der Waals surface area contributed by atoms with E-state index in [9.17, 15) is 0 Å². The Balaban J connectivity index is 2.07. The molecule has 0 aliphatic rings. The van der Waals surface area contributed by atoms with Crippen LogP contribution in [0.1, 0.15) is 11.1 Å². The van der Waals surface area contributed by atoms with Gasteiger partial charge in [0, 0.05) is 17.5 Å². The molecule has 0 atom stereocenters. The highest BCUT2D eigenvalue weighted by Crippen LogP contribution is 2.36. The Morgan fingerprint density at radius 3 is 2.50 bits per heavy atom. The molecule has 3 aromatic carbocycles. The number of anilines is 1. The quantitative estimate of drug-likeness (QED) is 0.705. The molecular weight excluding hydrogens is 270 g/mol. The molecule has 22 heavy (non-hydrogen) atoms. The lowest BCUT2D eigenvalue weighted by atomic mass is 10.0. The Morgan fingerprint density at radius 1 is 1.05 bits per heavy atom. The van der Waals surface area contributed by atoms with Crippen molar-refractivity contribution in [1.82, 2.24) is 0 Å². The van der Waals surface area contributed by atoms with E-state index in [-0.39, 0.29) is 0 Å². The van der Waals surface area contributed by atoms with E-state index < -0.39 is 0 Å². The average molecular weight is 289 g/mol. The Bertz CT molecular complexity index is 793. The number of benzene rings is 3. The van der Waals surface area contributed by atoms with Gasteiger partial charge >= 0.3 is 0 Å². The summed E-state index contributed by atoms with van der Waals surface area (Å²) in [5.41, 5.74) is 3.30. The molecule has 0 amide bonds.